The summed E-state index contributed by atoms with van der Waals surface area (Å²) in [5.41, 5.74) is 2.74. The van der Waals surface area contributed by atoms with Crippen LogP contribution >= 0.6 is 0 Å². The normalized spacial score (nSPS) is 30.4. The van der Waals surface area contributed by atoms with E-state index in [0.29, 0.717) is 12.5 Å². The van der Waals surface area contributed by atoms with Crippen LogP contribution < -0.4 is 5.48 Å². The third-order valence-corrected chi connectivity index (χ3v) is 1.33. The van der Waals surface area contributed by atoms with E-state index in [1.54, 1.807) is 0 Å². The molecule has 1 atom stereocenters. The molecule has 1 fully saturated rings. The summed E-state index contributed by atoms with van der Waals surface area (Å²) in [5.74, 6) is 0.358. The minimum Gasteiger partial charge on any atom is -0.396 e. The van der Waals surface area contributed by atoms with Crippen LogP contribution in [0.1, 0.15) is 6.42 Å². The van der Waals surface area contributed by atoms with Gasteiger partial charge < -0.3 is 9.94 Å². The van der Waals surface area contributed by atoms with Crippen molar-refractivity contribution in [1.29, 1.82) is 0 Å². The molecule has 0 amide bonds. The summed E-state index contributed by atoms with van der Waals surface area (Å²) in [6.07, 6.45) is 1.02. The van der Waals surface area contributed by atoms with Gasteiger partial charge in [0.25, 0.3) is 0 Å². The van der Waals surface area contributed by atoms with E-state index < -0.39 is 0 Å². The van der Waals surface area contributed by atoms with Crippen molar-refractivity contribution in [2.75, 3.05) is 19.8 Å². The Hall–Kier alpha value is -0.120. The first-order valence-electron chi connectivity index (χ1n) is 2.89. The summed E-state index contributed by atoms with van der Waals surface area (Å²) in [6.45, 7) is 1.77. The van der Waals surface area contributed by atoms with E-state index >= 15 is 0 Å². The molecule has 0 aromatic rings. The fourth-order valence-corrected chi connectivity index (χ4v) is 0.739. The van der Waals surface area contributed by atoms with Gasteiger partial charge in [-0.15, -0.1) is 0 Å². The van der Waals surface area contributed by atoms with Crippen LogP contribution in [-0.4, -0.2) is 24.9 Å². The second-order valence-corrected chi connectivity index (χ2v) is 2.04. The number of hydrogen-bond acceptors (Lipinski definition) is 3. The van der Waals surface area contributed by atoms with Crippen molar-refractivity contribution in [2.24, 2.45) is 5.92 Å². The van der Waals surface area contributed by atoms with Crippen LogP contribution in [0.15, 0.2) is 0 Å². The highest BCUT2D eigenvalue weighted by Crippen LogP contribution is 2.04. The van der Waals surface area contributed by atoms with Gasteiger partial charge in [0.05, 0.1) is 6.61 Å². The van der Waals surface area contributed by atoms with E-state index in [0.717, 1.165) is 13.0 Å². The van der Waals surface area contributed by atoms with Crippen LogP contribution in [0, 0.1) is 5.92 Å². The molecule has 0 spiro atoms. The van der Waals surface area contributed by atoms with E-state index in [1.165, 1.54) is 0 Å². The Morgan fingerprint density at radius 3 is 3.00 bits per heavy atom. The zero-order valence-electron chi connectivity index (χ0n) is 4.76. The highest BCUT2D eigenvalue weighted by Gasteiger charge is 2.10. The molecule has 1 aliphatic rings. The monoisotopic (exact) mass is 117 g/mol. The molecule has 1 rings (SSSR count). The molecule has 0 bridgehead atoms. The zero-order chi connectivity index (χ0) is 5.82. The quantitative estimate of drug-likeness (QED) is 0.487. The SMILES string of the molecule is OCC1CCNOC1. The highest BCUT2D eigenvalue weighted by atomic mass is 16.6. The Morgan fingerprint density at radius 1 is 1.75 bits per heavy atom. The maximum absolute atomic E-state index is 8.58. The van der Waals surface area contributed by atoms with Crippen molar-refractivity contribution in [3.63, 3.8) is 0 Å². The Kier molecular flexibility index (Phi) is 2.27. The second-order valence-electron chi connectivity index (χ2n) is 2.04. The van der Waals surface area contributed by atoms with Crippen molar-refractivity contribution in [3.8, 4) is 0 Å². The molecule has 0 aromatic carbocycles. The summed E-state index contributed by atoms with van der Waals surface area (Å²) in [5, 5.41) is 8.58. The molecule has 3 nitrogen and oxygen atoms in total. The first-order valence-corrected chi connectivity index (χ1v) is 2.89. The number of aliphatic hydroxyl groups excluding tert-OH is 1. The van der Waals surface area contributed by atoms with Gasteiger partial charge in [0.15, 0.2) is 0 Å². The van der Waals surface area contributed by atoms with E-state index in [2.05, 4.69) is 5.48 Å². The predicted molar refractivity (Wildman–Crippen MR) is 29.1 cm³/mol. The maximum atomic E-state index is 8.58. The number of hydroxylamine groups is 1. The molecule has 0 saturated carbocycles. The summed E-state index contributed by atoms with van der Waals surface area (Å²) >= 11 is 0. The van der Waals surface area contributed by atoms with Gasteiger partial charge in [0.2, 0.25) is 0 Å². The maximum Gasteiger partial charge on any atom is 0.0732 e. The molecule has 2 N–H and O–H groups in total. The van der Waals surface area contributed by atoms with E-state index in [4.69, 9.17) is 9.94 Å². The van der Waals surface area contributed by atoms with Gasteiger partial charge in [-0.1, -0.05) is 0 Å². The van der Waals surface area contributed by atoms with Crippen molar-refractivity contribution < 1.29 is 9.94 Å². The third kappa shape index (κ3) is 1.43. The molecule has 0 aromatic heterocycles. The topological polar surface area (TPSA) is 41.5 Å². The highest BCUT2D eigenvalue weighted by molar-refractivity contribution is 4.59. The minimum absolute atomic E-state index is 0.252. The van der Waals surface area contributed by atoms with Crippen LogP contribution in [0.2, 0.25) is 0 Å². The van der Waals surface area contributed by atoms with Gasteiger partial charge in [0.1, 0.15) is 0 Å². The lowest BCUT2D eigenvalue weighted by Gasteiger charge is -2.19. The van der Waals surface area contributed by atoms with E-state index in [-0.39, 0.29) is 6.61 Å². The lowest BCUT2D eigenvalue weighted by atomic mass is 10.1. The Labute approximate surface area is 48.6 Å². The fourth-order valence-electron chi connectivity index (χ4n) is 0.739. The molecule has 1 unspecified atom stereocenters. The zero-order valence-corrected chi connectivity index (χ0v) is 4.76. The lowest BCUT2D eigenvalue weighted by Crippen LogP contribution is -2.31. The van der Waals surface area contributed by atoms with Gasteiger partial charge in [-0.05, 0) is 6.42 Å². The molecule has 1 saturated heterocycles. The summed E-state index contributed by atoms with van der Waals surface area (Å²) in [7, 11) is 0. The molecular formula is C5H11NO2. The van der Waals surface area contributed by atoms with Gasteiger partial charge in [-0.2, -0.15) is 0 Å². The average molecular weight is 117 g/mol. The molecule has 0 aliphatic carbocycles. The lowest BCUT2D eigenvalue weighted by molar-refractivity contribution is -0.0325. The first kappa shape index (κ1) is 6.01. The van der Waals surface area contributed by atoms with Crippen molar-refractivity contribution in [3.05, 3.63) is 0 Å². The minimum atomic E-state index is 0.252. The van der Waals surface area contributed by atoms with E-state index in [9.17, 15) is 0 Å². The molecule has 0 radical (unpaired) electrons. The van der Waals surface area contributed by atoms with Gasteiger partial charge >= 0.3 is 0 Å². The Balaban J connectivity index is 2.13. The van der Waals surface area contributed by atoms with E-state index in [1.807, 2.05) is 0 Å². The Morgan fingerprint density at radius 2 is 2.62 bits per heavy atom. The molecule has 1 aliphatic heterocycles. The number of hydrogen-bond donors (Lipinski definition) is 2. The molecule has 1 heterocycles. The predicted octanol–water partition coefficient (Wildman–Crippen LogP) is -0.480. The number of aliphatic hydroxyl groups is 1. The first-order chi connectivity index (χ1) is 3.93. The molecule has 3 heteroatoms. The standard InChI is InChI=1S/C5H11NO2/c7-3-5-1-2-6-8-4-5/h5-7H,1-4H2. The van der Waals surface area contributed by atoms with Crippen molar-refractivity contribution in [1.82, 2.24) is 5.48 Å². The van der Waals surface area contributed by atoms with Crippen molar-refractivity contribution in [2.45, 2.75) is 6.42 Å². The second kappa shape index (κ2) is 3.02. The van der Waals surface area contributed by atoms with Gasteiger partial charge in [-0.3, -0.25) is 0 Å². The van der Waals surface area contributed by atoms with Crippen molar-refractivity contribution >= 4 is 0 Å². The molecule has 8 heavy (non-hydrogen) atoms. The van der Waals surface area contributed by atoms with Crippen LogP contribution in [-0.2, 0) is 4.84 Å². The number of rotatable bonds is 1. The smallest absolute Gasteiger partial charge is 0.0732 e. The molecule has 48 valence electrons. The summed E-state index contributed by atoms with van der Waals surface area (Å²) < 4.78 is 0. The fraction of sp³-hybridized carbons (Fsp3) is 1.00. The largest absolute Gasteiger partial charge is 0.396 e. The van der Waals surface area contributed by atoms with Crippen LogP contribution in [0.3, 0.4) is 0 Å². The third-order valence-electron chi connectivity index (χ3n) is 1.33. The van der Waals surface area contributed by atoms with Crippen LogP contribution in [0.5, 0.6) is 0 Å². The summed E-state index contributed by atoms with van der Waals surface area (Å²) in [4.78, 5) is 4.86. The van der Waals surface area contributed by atoms with Gasteiger partial charge in [0, 0.05) is 19.1 Å². The Bertz CT molecular complexity index is 61.4. The van der Waals surface area contributed by atoms with Crippen LogP contribution in [0.25, 0.3) is 0 Å². The van der Waals surface area contributed by atoms with Crippen LogP contribution in [0.4, 0.5) is 0 Å². The summed E-state index contributed by atoms with van der Waals surface area (Å²) in [6, 6.07) is 0. The average Bonchev–Trinajstić information content (AvgIpc) is 1.90. The number of nitrogens with one attached hydrogen (secondary N) is 1. The van der Waals surface area contributed by atoms with Gasteiger partial charge in [-0.25, -0.2) is 5.48 Å². The molecular weight excluding hydrogens is 106 g/mol.